The lowest BCUT2D eigenvalue weighted by molar-refractivity contribution is 0.108. The lowest BCUT2D eigenvalue weighted by atomic mass is 9.77. The van der Waals surface area contributed by atoms with Gasteiger partial charge < -0.3 is 25.4 Å². The van der Waals surface area contributed by atoms with Gasteiger partial charge in [0.15, 0.2) is 5.13 Å². The highest BCUT2D eigenvalue weighted by molar-refractivity contribution is 7.15. The Labute approximate surface area is 203 Å². The molecule has 1 fully saturated rings. The molecule has 2 aromatic rings. The third-order valence-corrected chi connectivity index (χ3v) is 8.42. The van der Waals surface area contributed by atoms with Gasteiger partial charge in [0.2, 0.25) is 5.96 Å². The molecule has 1 saturated carbocycles. The van der Waals surface area contributed by atoms with Gasteiger partial charge in [-0.15, -0.1) is 11.3 Å². The molecule has 3 unspecified atom stereocenters. The van der Waals surface area contributed by atoms with Crippen molar-refractivity contribution in [2.75, 3.05) is 17.3 Å². The van der Waals surface area contributed by atoms with Crippen molar-refractivity contribution in [2.24, 2.45) is 15.9 Å². The number of nitrogens with zero attached hydrogens (tertiary/aromatic N) is 4. The molecular weight excluding hydrogens is 448 g/mol. The molecule has 0 amide bonds. The van der Waals surface area contributed by atoms with Crippen LogP contribution in [0.3, 0.4) is 0 Å². The number of para-hydroxylation sites is 2. The number of aliphatic hydroxyl groups is 1. The second-order valence-corrected chi connectivity index (χ2v) is 10.6. The number of benzene rings is 1. The lowest BCUT2D eigenvalue weighted by Crippen LogP contribution is -2.62. The molecule has 2 aliphatic heterocycles. The van der Waals surface area contributed by atoms with Crippen molar-refractivity contribution in [3.63, 3.8) is 0 Å². The second kappa shape index (κ2) is 8.39. The van der Waals surface area contributed by atoms with Crippen LogP contribution in [-0.4, -0.2) is 46.9 Å². The highest BCUT2D eigenvalue weighted by Crippen LogP contribution is 2.42. The number of allylic oxidation sites excluding steroid dienone is 1. The Morgan fingerprint density at radius 1 is 1.32 bits per heavy atom. The summed E-state index contributed by atoms with van der Waals surface area (Å²) in [6, 6.07) is 7.95. The van der Waals surface area contributed by atoms with E-state index in [1.807, 2.05) is 43.1 Å². The second-order valence-electron chi connectivity index (χ2n) is 9.55. The summed E-state index contributed by atoms with van der Waals surface area (Å²) >= 11 is 1.64. The average Bonchev–Trinajstić information content (AvgIpc) is 3.52. The van der Waals surface area contributed by atoms with E-state index in [2.05, 4.69) is 22.8 Å². The maximum absolute atomic E-state index is 11.4. The van der Waals surface area contributed by atoms with Gasteiger partial charge in [0, 0.05) is 17.6 Å². The van der Waals surface area contributed by atoms with Crippen LogP contribution < -0.4 is 20.3 Å². The molecule has 6 rings (SSSR count). The maximum Gasteiger partial charge on any atom is 0.273 e. The molecule has 0 radical (unpaired) electrons. The third-order valence-electron chi connectivity index (χ3n) is 7.35. The number of fused-ring (bicyclic) bond motifs is 2. The van der Waals surface area contributed by atoms with E-state index in [1.54, 1.807) is 11.3 Å². The van der Waals surface area contributed by atoms with Crippen LogP contribution in [-0.2, 0) is 6.42 Å². The van der Waals surface area contributed by atoms with Crippen molar-refractivity contribution in [2.45, 2.75) is 63.6 Å². The van der Waals surface area contributed by atoms with Crippen molar-refractivity contribution in [3.05, 3.63) is 40.9 Å². The highest BCUT2D eigenvalue weighted by Gasteiger charge is 2.49. The molecule has 3 atom stereocenters. The quantitative estimate of drug-likeness (QED) is 0.575. The molecule has 1 aromatic carbocycles. The van der Waals surface area contributed by atoms with Gasteiger partial charge in [-0.1, -0.05) is 31.1 Å². The molecule has 3 heterocycles. The summed E-state index contributed by atoms with van der Waals surface area (Å²) in [6.45, 7) is 2.00. The predicted octanol–water partition coefficient (Wildman–Crippen LogP) is 3.99. The number of nitrogens with one attached hydrogen (secondary N) is 2. The summed E-state index contributed by atoms with van der Waals surface area (Å²) in [5.41, 5.74) is 2.61. The van der Waals surface area contributed by atoms with Crippen LogP contribution in [0.25, 0.3) is 6.08 Å². The summed E-state index contributed by atoms with van der Waals surface area (Å²) < 4.78 is 6.06. The molecule has 8 nitrogen and oxygen atoms in total. The first-order valence-electron chi connectivity index (χ1n) is 12.0. The first-order chi connectivity index (χ1) is 16.5. The number of hydrogen-bond acceptors (Lipinski definition) is 7. The standard InChI is InChI=1S/C25H30N6O2S/c1-15-20(21(32)28-23-27-16-9-3-6-12-19(16)34-23)25(13-7-8-14-25)30-22(26-15)29-24-31(2)17-10-4-5-11-18(17)33-24/h3-5,9-11,20-21,24,32H,6-8,12-14H2,1-2H3,(H,27,28)(H,29,30). The first kappa shape index (κ1) is 21.6. The van der Waals surface area contributed by atoms with Gasteiger partial charge in [0.1, 0.15) is 12.0 Å². The summed E-state index contributed by atoms with van der Waals surface area (Å²) in [4.78, 5) is 17.6. The molecule has 3 N–H and O–H groups in total. The number of aryl methyl sites for hydroxylation is 1. The molecule has 34 heavy (non-hydrogen) atoms. The van der Waals surface area contributed by atoms with Crippen molar-refractivity contribution in [1.29, 1.82) is 0 Å². The fourth-order valence-corrected chi connectivity index (χ4v) is 6.72. The number of aromatic nitrogens is 1. The zero-order chi connectivity index (χ0) is 23.3. The van der Waals surface area contributed by atoms with Crippen molar-refractivity contribution >= 4 is 39.9 Å². The van der Waals surface area contributed by atoms with Gasteiger partial charge in [-0.05, 0) is 50.8 Å². The molecule has 1 spiro atoms. The van der Waals surface area contributed by atoms with E-state index in [0.29, 0.717) is 5.96 Å². The highest BCUT2D eigenvalue weighted by atomic mass is 32.1. The Bertz CT molecular complexity index is 1180. The van der Waals surface area contributed by atoms with Gasteiger partial charge in [-0.2, -0.15) is 4.99 Å². The molecule has 9 heteroatoms. The monoisotopic (exact) mass is 478 g/mol. The van der Waals surface area contributed by atoms with E-state index in [4.69, 9.17) is 19.7 Å². The number of aliphatic hydroxyl groups excluding tert-OH is 1. The lowest BCUT2D eigenvalue weighted by Gasteiger charge is -2.44. The van der Waals surface area contributed by atoms with Gasteiger partial charge >= 0.3 is 0 Å². The Hall–Kier alpha value is -2.91. The fourth-order valence-electron chi connectivity index (χ4n) is 5.73. The van der Waals surface area contributed by atoms with E-state index in [0.717, 1.165) is 66.5 Å². The van der Waals surface area contributed by atoms with Gasteiger partial charge in [0.25, 0.3) is 6.35 Å². The number of rotatable bonds is 4. The van der Waals surface area contributed by atoms with E-state index in [1.165, 1.54) is 4.88 Å². The van der Waals surface area contributed by atoms with Crippen LogP contribution in [0.15, 0.2) is 40.3 Å². The summed E-state index contributed by atoms with van der Waals surface area (Å²) in [5, 5.41) is 19.0. The molecule has 4 aliphatic rings. The Kier molecular flexibility index (Phi) is 5.33. The number of ether oxygens (including phenoxy) is 1. The largest absolute Gasteiger partial charge is 0.448 e. The fraction of sp³-hybridized carbons (Fsp3) is 0.480. The van der Waals surface area contributed by atoms with Gasteiger partial charge in [-0.25, -0.2) is 9.98 Å². The van der Waals surface area contributed by atoms with Crippen LogP contribution >= 0.6 is 11.3 Å². The Morgan fingerprint density at radius 3 is 2.94 bits per heavy atom. The van der Waals surface area contributed by atoms with Gasteiger partial charge in [0.05, 0.1) is 22.8 Å². The molecule has 2 aliphatic carbocycles. The number of thiazole rings is 1. The van der Waals surface area contributed by atoms with E-state index in [-0.39, 0.29) is 11.5 Å². The summed E-state index contributed by atoms with van der Waals surface area (Å²) in [7, 11) is 1.98. The van der Waals surface area contributed by atoms with E-state index in [9.17, 15) is 5.11 Å². The normalized spacial score (nSPS) is 26.6. The van der Waals surface area contributed by atoms with Crippen LogP contribution in [0.1, 0.15) is 49.6 Å². The minimum atomic E-state index is -0.790. The van der Waals surface area contributed by atoms with Crippen LogP contribution in [0.5, 0.6) is 5.75 Å². The zero-order valence-corrected chi connectivity index (χ0v) is 20.3. The Morgan fingerprint density at radius 2 is 2.15 bits per heavy atom. The van der Waals surface area contributed by atoms with E-state index < -0.39 is 12.6 Å². The van der Waals surface area contributed by atoms with Crippen molar-refractivity contribution < 1.29 is 9.84 Å². The predicted molar refractivity (Wildman–Crippen MR) is 137 cm³/mol. The average molecular weight is 479 g/mol. The molecule has 1 aromatic heterocycles. The van der Waals surface area contributed by atoms with Gasteiger partial charge in [-0.3, -0.25) is 0 Å². The number of guanidine groups is 1. The smallest absolute Gasteiger partial charge is 0.273 e. The van der Waals surface area contributed by atoms with Crippen LogP contribution in [0.2, 0.25) is 0 Å². The molecular formula is C25H30N6O2S. The zero-order valence-electron chi connectivity index (χ0n) is 19.5. The van der Waals surface area contributed by atoms with Crippen molar-refractivity contribution in [1.82, 2.24) is 10.3 Å². The summed E-state index contributed by atoms with van der Waals surface area (Å²) in [6.07, 6.45) is 9.17. The Balaban J connectivity index is 1.26. The number of hydrogen-bond donors (Lipinski definition) is 3. The minimum Gasteiger partial charge on any atom is -0.448 e. The number of aliphatic imine (C=N–C) groups is 2. The molecule has 178 valence electrons. The maximum atomic E-state index is 11.4. The topological polar surface area (TPSA) is 94.4 Å². The SMILES string of the molecule is CC1=NC(=NC2Oc3ccccc3N2C)NC2(CCCC2)C1C(O)Nc1nc2c(s1)CCC=C2. The minimum absolute atomic E-state index is 0.176. The van der Waals surface area contributed by atoms with Crippen LogP contribution in [0.4, 0.5) is 10.8 Å². The molecule has 0 bridgehead atoms. The first-order valence-corrected chi connectivity index (χ1v) is 12.8. The van der Waals surface area contributed by atoms with Crippen LogP contribution in [0, 0.1) is 5.92 Å². The summed E-state index contributed by atoms with van der Waals surface area (Å²) in [5.74, 6) is 1.22. The third kappa shape index (κ3) is 3.67. The van der Waals surface area contributed by atoms with E-state index >= 15 is 0 Å². The molecule has 0 saturated heterocycles. The number of anilines is 2. The van der Waals surface area contributed by atoms with Crippen molar-refractivity contribution in [3.8, 4) is 5.75 Å².